The number of hydrogen-bond acceptors (Lipinski definition) is 3. The molecule has 8 heteroatoms. The van der Waals surface area contributed by atoms with Crippen LogP contribution >= 0.6 is 11.6 Å². The normalized spacial score (nSPS) is 24.5. The van der Waals surface area contributed by atoms with Gasteiger partial charge in [0, 0.05) is 23.0 Å². The fraction of sp³-hybridized carbons (Fsp3) is 0.467. The number of nitrogens with one attached hydrogen (secondary N) is 1. The van der Waals surface area contributed by atoms with Gasteiger partial charge in [-0.2, -0.15) is 18.4 Å². The molecule has 2 atom stereocenters. The first kappa shape index (κ1) is 17.6. The van der Waals surface area contributed by atoms with Gasteiger partial charge in [-0.15, -0.1) is 0 Å². The van der Waals surface area contributed by atoms with Gasteiger partial charge < -0.3 is 10.4 Å². The Morgan fingerprint density at radius 2 is 2.04 bits per heavy atom. The number of rotatable bonds is 1. The lowest BCUT2D eigenvalue weighted by Gasteiger charge is -2.16. The number of hydrogen-bond donors (Lipinski definition) is 2. The van der Waals surface area contributed by atoms with Gasteiger partial charge in [-0.3, -0.25) is 0 Å². The average Bonchev–Trinajstić information content (AvgIpc) is 3.13. The Labute approximate surface area is 135 Å². The zero-order valence-corrected chi connectivity index (χ0v) is 12.7. The molecule has 0 aromatic heterocycles. The second-order valence-corrected chi connectivity index (χ2v) is 6.04. The molecule has 1 aromatic carbocycles. The number of carbonyl (C=O) groups is 1. The zero-order chi connectivity index (χ0) is 17.3. The number of alkyl halides is 3. The van der Waals surface area contributed by atoms with E-state index in [1.807, 2.05) is 18.2 Å². The lowest BCUT2D eigenvalue weighted by molar-refractivity contribution is -0.192. The number of nitrogens with zero attached hydrogens (tertiary/aromatic N) is 1. The SMILES string of the molecule is N#C[C@H]1[C@H](c2cccc(Cl)c2)CNC12CC2.O=C(O)C(F)(F)F. The van der Waals surface area contributed by atoms with Crippen LogP contribution in [0.3, 0.4) is 0 Å². The summed E-state index contributed by atoms with van der Waals surface area (Å²) in [6, 6.07) is 10.4. The lowest BCUT2D eigenvalue weighted by atomic mass is 9.85. The van der Waals surface area contributed by atoms with Crippen LogP contribution in [-0.2, 0) is 4.79 Å². The van der Waals surface area contributed by atoms with E-state index in [1.54, 1.807) is 0 Å². The Hall–Kier alpha value is -1.78. The fourth-order valence-corrected chi connectivity index (χ4v) is 3.01. The summed E-state index contributed by atoms with van der Waals surface area (Å²) in [4.78, 5) is 8.90. The molecule has 1 aromatic rings. The Morgan fingerprint density at radius 1 is 1.43 bits per heavy atom. The Morgan fingerprint density at radius 3 is 2.48 bits per heavy atom. The van der Waals surface area contributed by atoms with Crippen molar-refractivity contribution >= 4 is 17.6 Å². The van der Waals surface area contributed by atoms with E-state index in [0.717, 1.165) is 24.4 Å². The molecular weight excluding hydrogens is 333 g/mol. The third kappa shape index (κ3) is 3.95. The molecule has 0 unspecified atom stereocenters. The molecule has 1 spiro atoms. The number of aliphatic carboxylic acids is 1. The summed E-state index contributed by atoms with van der Waals surface area (Å²) >= 11 is 6.00. The van der Waals surface area contributed by atoms with Crippen molar-refractivity contribution in [1.82, 2.24) is 5.32 Å². The highest BCUT2D eigenvalue weighted by Gasteiger charge is 2.56. The maximum absolute atomic E-state index is 10.6. The Kier molecular flexibility index (Phi) is 4.87. The second kappa shape index (κ2) is 6.38. The van der Waals surface area contributed by atoms with Crippen molar-refractivity contribution in [3.05, 3.63) is 34.9 Å². The number of halogens is 4. The van der Waals surface area contributed by atoms with Crippen molar-refractivity contribution in [2.75, 3.05) is 6.54 Å². The van der Waals surface area contributed by atoms with E-state index in [0.29, 0.717) is 5.92 Å². The molecule has 3 rings (SSSR count). The van der Waals surface area contributed by atoms with Crippen molar-refractivity contribution in [1.29, 1.82) is 5.26 Å². The highest BCUT2D eigenvalue weighted by Crippen LogP contribution is 2.51. The van der Waals surface area contributed by atoms with Gasteiger partial charge >= 0.3 is 12.1 Å². The molecule has 1 heterocycles. The Bertz CT molecular complexity index is 638. The largest absolute Gasteiger partial charge is 0.490 e. The molecule has 23 heavy (non-hydrogen) atoms. The second-order valence-electron chi connectivity index (χ2n) is 5.61. The molecule has 0 amide bonds. The van der Waals surface area contributed by atoms with Crippen LogP contribution in [0.15, 0.2) is 24.3 Å². The van der Waals surface area contributed by atoms with Gasteiger partial charge in [-0.05, 0) is 30.5 Å². The molecule has 124 valence electrons. The van der Waals surface area contributed by atoms with Crippen molar-refractivity contribution < 1.29 is 23.1 Å². The van der Waals surface area contributed by atoms with E-state index in [-0.39, 0.29) is 11.5 Å². The van der Waals surface area contributed by atoms with Crippen LogP contribution in [0.4, 0.5) is 13.2 Å². The van der Waals surface area contributed by atoms with Gasteiger partial charge in [0.1, 0.15) is 0 Å². The zero-order valence-electron chi connectivity index (χ0n) is 11.9. The summed E-state index contributed by atoms with van der Waals surface area (Å²) in [7, 11) is 0. The molecule has 1 aliphatic heterocycles. The predicted molar refractivity (Wildman–Crippen MR) is 77.0 cm³/mol. The van der Waals surface area contributed by atoms with Gasteiger partial charge in [0.2, 0.25) is 0 Å². The van der Waals surface area contributed by atoms with E-state index < -0.39 is 12.1 Å². The highest BCUT2D eigenvalue weighted by atomic mass is 35.5. The first-order valence-corrected chi connectivity index (χ1v) is 7.27. The van der Waals surface area contributed by atoms with Crippen LogP contribution in [0.1, 0.15) is 24.3 Å². The van der Waals surface area contributed by atoms with Crippen molar-refractivity contribution in [2.45, 2.75) is 30.5 Å². The Balaban J connectivity index is 0.000000236. The molecule has 2 N–H and O–H groups in total. The molecule has 2 aliphatic rings. The molecular formula is C15H14ClF3N2O2. The molecule has 1 saturated carbocycles. The van der Waals surface area contributed by atoms with Crippen LogP contribution in [0.2, 0.25) is 5.02 Å². The van der Waals surface area contributed by atoms with Crippen molar-refractivity contribution in [2.24, 2.45) is 5.92 Å². The number of carboxylic acids is 1. The number of nitriles is 1. The molecule has 0 radical (unpaired) electrons. The first-order valence-electron chi connectivity index (χ1n) is 6.90. The topological polar surface area (TPSA) is 73.1 Å². The number of carboxylic acid groups (broad SMARTS) is 1. The summed E-state index contributed by atoms with van der Waals surface area (Å²) in [5.41, 5.74) is 1.32. The quantitative estimate of drug-likeness (QED) is 0.818. The van der Waals surface area contributed by atoms with E-state index in [1.165, 1.54) is 5.56 Å². The van der Waals surface area contributed by atoms with E-state index in [4.69, 9.17) is 21.5 Å². The summed E-state index contributed by atoms with van der Waals surface area (Å²) < 4.78 is 31.7. The van der Waals surface area contributed by atoms with Crippen LogP contribution < -0.4 is 5.32 Å². The molecule has 1 aliphatic carbocycles. The molecule has 0 bridgehead atoms. The minimum Gasteiger partial charge on any atom is -0.475 e. The minimum atomic E-state index is -5.08. The van der Waals surface area contributed by atoms with Gasteiger partial charge in [0.25, 0.3) is 0 Å². The molecule has 4 nitrogen and oxygen atoms in total. The summed E-state index contributed by atoms with van der Waals surface area (Å²) in [5.74, 6) is -2.36. The smallest absolute Gasteiger partial charge is 0.475 e. The average molecular weight is 347 g/mol. The fourth-order valence-electron chi connectivity index (χ4n) is 2.81. The standard InChI is InChI=1S/C13H13ClN2.C2HF3O2/c14-10-3-1-2-9(6-10)11-8-16-13(4-5-13)12(11)7-15;3-2(4,5)1(6)7/h1-3,6,11-12,16H,4-5,8H2;(H,6,7)/t11-,12-;/m0./s1. The van der Waals surface area contributed by atoms with Crippen LogP contribution in [0.5, 0.6) is 0 Å². The van der Waals surface area contributed by atoms with E-state index in [2.05, 4.69) is 17.5 Å². The summed E-state index contributed by atoms with van der Waals surface area (Å²) in [6.07, 6.45) is -2.80. The highest BCUT2D eigenvalue weighted by molar-refractivity contribution is 6.30. The molecule has 1 saturated heterocycles. The van der Waals surface area contributed by atoms with Crippen LogP contribution in [-0.4, -0.2) is 29.3 Å². The summed E-state index contributed by atoms with van der Waals surface area (Å²) in [5, 5.41) is 20.7. The third-order valence-electron chi connectivity index (χ3n) is 4.12. The first-order chi connectivity index (χ1) is 10.7. The van der Waals surface area contributed by atoms with Gasteiger partial charge in [-0.25, -0.2) is 4.79 Å². The van der Waals surface area contributed by atoms with Crippen LogP contribution in [0.25, 0.3) is 0 Å². The van der Waals surface area contributed by atoms with E-state index in [9.17, 15) is 18.4 Å². The maximum atomic E-state index is 10.6. The summed E-state index contributed by atoms with van der Waals surface area (Å²) in [6.45, 7) is 0.901. The molecule has 2 fully saturated rings. The monoisotopic (exact) mass is 346 g/mol. The minimum absolute atomic E-state index is 0.103. The van der Waals surface area contributed by atoms with Crippen molar-refractivity contribution in [3.8, 4) is 6.07 Å². The van der Waals surface area contributed by atoms with Gasteiger partial charge in [0.05, 0.1) is 12.0 Å². The van der Waals surface area contributed by atoms with Gasteiger partial charge in [-0.1, -0.05) is 23.7 Å². The van der Waals surface area contributed by atoms with E-state index >= 15 is 0 Å². The van der Waals surface area contributed by atoms with Gasteiger partial charge in [0.15, 0.2) is 0 Å². The maximum Gasteiger partial charge on any atom is 0.490 e. The lowest BCUT2D eigenvalue weighted by Crippen LogP contribution is -2.28. The number of benzene rings is 1. The predicted octanol–water partition coefficient (Wildman–Crippen LogP) is 3.33. The van der Waals surface area contributed by atoms with Crippen molar-refractivity contribution in [3.63, 3.8) is 0 Å². The third-order valence-corrected chi connectivity index (χ3v) is 4.35. The van der Waals surface area contributed by atoms with Crippen LogP contribution in [0, 0.1) is 17.2 Å².